The second-order valence-electron chi connectivity index (χ2n) is 5.46. The van der Waals surface area contributed by atoms with E-state index >= 15 is 0 Å². The molecular formula is C15H20N2O. The summed E-state index contributed by atoms with van der Waals surface area (Å²) in [5.41, 5.74) is 9.82. The van der Waals surface area contributed by atoms with E-state index in [-0.39, 0.29) is 5.54 Å². The Kier molecular flexibility index (Phi) is 2.59. The van der Waals surface area contributed by atoms with Gasteiger partial charge in [0.1, 0.15) is 5.75 Å². The zero-order valence-electron chi connectivity index (χ0n) is 11.0. The predicted molar refractivity (Wildman–Crippen MR) is 73.9 cm³/mol. The molecule has 0 aliphatic heterocycles. The van der Waals surface area contributed by atoms with E-state index in [4.69, 9.17) is 10.5 Å². The van der Waals surface area contributed by atoms with Gasteiger partial charge >= 0.3 is 0 Å². The van der Waals surface area contributed by atoms with Crippen LogP contribution < -0.4 is 10.5 Å². The van der Waals surface area contributed by atoms with E-state index in [0.717, 1.165) is 29.7 Å². The van der Waals surface area contributed by atoms with Crippen LogP contribution in [0, 0.1) is 6.92 Å². The molecule has 0 bridgehead atoms. The van der Waals surface area contributed by atoms with Crippen molar-refractivity contribution in [3.05, 3.63) is 29.5 Å². The summed E-state index contributed by atoms with van der Waals surface area (Å²) < 4.78 is 5.55. The molecule has 1 heterocycles. The monoisotopic (exact) mass is 244 g/mol. The number of aryl methyl sites for hydroxylation is 1. The number of methoxy groups -OCH3 is 1. The summed E-state index contributed by atoms with van der Waals surface area (Å²) in [6.45, 7) is 2.07. The lowest BCUT2D eigenvalue weighted by Crippen LogP contribution is -2.33. The number of fused-ring (bicyclic) bond motifs is 1. The molecule has 0 unspecified atom stereocenters. The standard InChI is InChI=1S/C15H20N2O/c1-10-7-11-8-14(18-2)12(9-13(11)17-10)15(16)5-3-4-6-15/h7-9,17H,3-6,16H2,1-2H3. The minimum atomic E-state index is -0.210. The van der Waals surface area contributed by atoms with E-state index in [1.54, 1.807) is 7.11 Å². The third-order valence-corrected chi connectivity index (χ3v) is 4.11. The fourth-order valence-electron chi connectivity index (χ4n) is 3.14. The topological polar surface area (TPSA) is 51.0 Å². The quantitative estimate of drug-likeness (QED) is 0.852. The van der Waals surface area contributed by atoms with Gasteiger partial charge in [-0.2, -0.15) is 0 Å². The largest absolute Gasteiger partial charge is 0.496 e. The first-order valence-electron chi connectivity index (χ1n) is 6.59. The summed E-state index contributed by atoms with van der Waals surface area (Å²) in [5.74, 6) is 0.922. The van der Waals surface area contributed by atoms with Gasteiger partial charge in [-0.1, -0.05) is 12.8 Å². The SMILES string of the molecule is COc1cc2cc(C)[nH]c2cc1C1(N)CCCC1. The van der Waals surface area contributed by atoms with Crippen molar-refractivity contribution in [2.24, 2.45) is 5.73 Å². The molecule has 1 aliphatic rings. The van der Waals surface area contributed by atoms with Crippen molar-refractivity contribution in [3.8, 4) is 5.75 Å². The van der Waals surface area contributed by atoms with Crippen molar-refractivity contribution in [2.75, 3.05) is 7.11 Å². The molecule has 1 aromatic carbocycles. The Labute approximate surface area is 107 Å². The van der Waals surface area contributed by atoms with Crippen LogP contribution in [0.2, 0.25) is 0 Å². The van der Waals surface area contributed by atoms with Crippen LogP contribution in [0.3, 0.4) is 0 Å². The summed E-state index contributed by atoms with van der Waals surface area (Å²) in [6, 6.07) is 6.41. The average Bonchev–Trinajstić information content (AvgIpc) is 2.92. The molecule has 1 aliphatic carbocycles. The normalized spacial score (nSPS) is 18.4. The summed E-state index contributed by atoms with van der Waals surface area (Å²) in [7, 11) is 1.72. The Morgan fingerprint density at radius 1 is 1.22 bits per heavy atom. The molecule has 0 saturated heterocycles. The molecule has 3 nitrogen and oxygen atoms in total. The molecular weight excluding hydrogens is 224 g/mol. The molecule has 2 aromatic rings. The molecule has 18 heavy (non-hydrogen) atoms. The first-order chi connectivity index (χ1) is 8.62. The molecule has 0 radical (unpaired) electrons. The van der Waals surface area contributed by atoms with Crippen LogP contribution in [0.1, 0.15) is 36.9 Å². The molecule has 1 saturated carbocycles. The lowest BCUT2D eigenvalue weighted by atomic mass is 9.88. The minimum absolute atomic E-state index is 0.210. The fourth-order valence-corrected chi connectivity index (χ4v) is 3.14. The van der Waals surface area contributed by atoms with E-state index in [9.17, 15) is 0 Å². The van der Waals surface area contributed by atoms with Crippen molar-refractivity contribution < 1.29 is 4.74 Å². The highest BCUT2D eigenvalue weighted by Crippen LogP contribution is 2.42. The van der Waals surface area contributed by atoms with Crippen LogP contribution >= 0.6 is 0 Å². The molecule has 3 rings (SSSR count). The van der Waals surface area contributed by atoms with Gasteiger partial charge in [0.05, 0.1) is 7.11 Å². The lowest BCUT2D eigenvalue weighted by Gasteiger charge is -2.26. The second-order valence-corrected chi connectivity index (χ2v) is 5.46. The van der Waals surface area contributed by atoms with Crippen molar-refractivity contribution in [3.63, 3.8) is 0 Å². The molecule has 1 fully saturated rings. The molecule has 3 N–H and O–H groups in total. The van der Waals surface area contributed by atoms with Crippen molar-refractivity contribution in [2.45, 2.75) is 38.1 Å². The number of hydrogen-bond acceptors (Lipinski definition) is 2. The maximum Gasteiger partial charge on any atom is 0.124 e. The van der Waals surface area contributed by atoms with Gasteiger partial charge in [0.25, 0.3) is 0 Å². The molecule has 0 amide bonds. The molecule has 0 spiro atoms. The van der Waals surface area contributed by atoms with Crippen LogP contribution in [0.15, 0.2) is 18.2 Å². The van der Waals surface area contributed by atoms with Gasteiger partial charge in [-0.05, 0) is 38.0 Å². The predicted octanol–water partition coefficient (Wildman–Crippen LogP) is 3.21. The highest BCUT2D eigenvalue weighted by Gasteiger charge is 2.34. The Hall–Kier alpha value is -1.48. The number of hydrogen-bond donors (Lipinski definition) is 2. The lowest BCUT2D eigenvalue weighted by molar-refractivity contribution is 0.380. The minimum Gasteiger partial charge on any atom is -0.496 e. The first-order valence-corrected chi connectivity index (χ1v) is 6.59. The zero-order valence-corrected chi connectivity index (χ0v) is 11.0. The zero-order chi connectivity index (χ0) is 12.8. The summed E-state index contributed by atoms with van der Waals surface area (Å²) in [4.78, 5) is 3.38. The van der Waals surface area contributed by atoms with Crippen molar-refractivity contribution in [1.82, 2.24) is 4.98 Å². The van der Waals surface area contributed by atoms with E-state index in [0.29, 0.717) is 0 Å². The van der Waals surface area contributed by atoms with Gasteiger partial charge in [-0.25, -0.2) is 0 Å². The number of nitrogens with two attached hydrogens (primary N) is 1. The first kappa shape index (κ1) is 11.6. The number of H-pyrrole nitrogens is 1. The Morgan fingerprint density at radius 3 is 2.61 bits per heavy atom. The maximum absolute atomic E-state index is 6.56. The number of aromatic nitrogens is 1. The van der Waals surface area contributed by atoms with Crippen molar-refractivity contribution >= 4 is 10.9 Å². The number of aromatic amines is 1. The molecule has 0 atom stereocenters. The van der Waals surface area contributed by atoms with E-state index in [2.05, 4.69) is 30.1 Å². The number of benzene rings is 1. The van der Waals surface area contributed by atoms with Gasteiger partial charge in [0.2, 0.25) is 0 Å². The van der Waals surface area contributed by atoms with E-state index in [1.165, 1.54) is 23.9 Å². The highest BCUT2D eigenvalue weighted by molar-refractivity contribution is 5.83. The van der Waals surface area contributed by atoms with Gasteiger partial charge in [-0.3, -0.25) is 0 Å². The van der Waals surface area contributed by atoms with Crippen LogP contribution in [0.4, 0.5) is 0 Å². The number of ether oxygens (including phenoxy) is 1. The second kappa shape index (κ2) is 4.02. The van der Waals surface area contributed by atoms with Crippen molar-refractivity contribution in [1.29, 1.82) is 0 Å². The third kappa shape index (κ3) is 1.70. The van der Waals surface area contributed by atoms with E-state index < -0.39 is 0 Å². The molecule has 3 heteroatoms. The fraction of sp³-hybridized carbons (Fsp3) is 0.467. The van der Waals surface area contributed by atoms with Crippen LogP contribution in [0.25, 0.3) is 10.9 Å². The summed E-state index contributed by atoms with van der Waals surface area (Å²) in [5, 5.41) is 1.19. The highest BCUT2D eigenvalue weighted by atomic mass is 16.5. The van der Waals surface area contributed by atoms with Gasteiger partial charge in [0, 0.05) is 27.7 Å². The van der Waals surface area contributed by atoms with Gasteiger partial charge < -0.3 is 15.5 Å². The Balaban J connectivity index is 2.19. The summed E-state index contributed by atoms with van der Waals surface area (Å²) in [6.07, 6.45) is 4.52. The Morgan fingerprint density at radius 2 is 1.94 bits per heavy atom. The van der Waals surface area contributed by atoms with E-state index in [1.807, 2.05) is 0 Å². The molecule has 1 aromatic heterocycles. The number of nitrogens with one attached hydrogen (secondary N) is 1. The maximum atomic E-state index is 6.56. The van der Waals surface area contributed by atoms with Gasteiger partial charge in [-0.15, -0.1) is 0 Å². The summed E-state index contributed by atoms with van der Waals surface area (Å²) >= 11 is 0. The average molecular weight is 244 g/mol. The number of rotatable bonds is 2. The smallest absolute Gasteiger partial charge is 0.124 e. The Bertz CT molecular complexity index is 579. The van der Waals surface area contributed by atoms with Crippen LogP contribution in [0.5, 0.6) is 5.75 Å². The van der Waals surface area contributed by atoms with Gasteiger partial charge in [0.15, 0.2) is 0 Å². The third-order valence-electron chi connectivity index (χ3n) is 4.11. The molecule has 96 valence electrons. The van der Waals surface area contributed by atoms with Crippen LogP contribution in [-0.2, 0) is 5.54 Å². The van der Waals surface area contributed by atoms with Crippen LogP contribution in [-0.4, -0.2) is 12.1 Å².